The van der Waals surface area contributed by atoms with Crippen LogP contribution >= 0.6 is 0 Å². The Bertz CT molecular complexity index is 1010. The van der Waals surface area contributed by atoms with Crippen LogP contribution in [0.4, 0.5) is 5.69 Å². The lowest BCUT2D eigenvalue weighted by molar-refractivity contribution is 0.321. The number of nitriles is 1. The Morgan fingerprint density at radius 2 is 2.11 bits per heavy atom. The van der Waals surface area contributed by atoms with Crippen LogP contribution in [0, 0.1) is 24.8 Å². The molecule has 2 heterocycles. The van der Waals surface area contributed by atoms with Crippen LogP contribution in [0.2, 0.25) is 0 Å². The number of anilines is 1. The number of ether oxygens (including phenoxy) is 2. The van der Waals surface area contributed by atoms with E-state index in [0.29, 0.717) is 29.5 Å². The molecule has 1 aromatic heterocycles. The molecule has 0 saturated carbocycles. The Labute approximate surface area is 158 Å². The van der Waals surface area contributed by atoms with Gasteiger partial charge in [0.2, 0.25) is 5.88 Å². The highest BCUT2D eigenvalue weighted by Gasteiger charge is 2.34. The maximum Gasteiger partial charge on any atom is 0.218 e. The zero-order chi connectivity index (χ0) is 19.6. The van der Waals surface area contributed by atoms with Gasteiger partial charge in [0, 0.05) is 22.6 Å². The molecule has 1 unspecified atom stereocenters. The SMILES string of the molecule is [C-]#[N+]C1=C(C)Nc2cc(C)nc(OCC)c2C1c1ccc(C#N)cc1OC. The minimum absolute atomic E-state index is 0.393. The molecule has 136 valence electrons. The molecular formula is C21H20N4O2. The third kappa shape index (κ3) is 3.18. The van der Waals surface area contributed by atoms with Crippen molar-refractivity contribution in [1.82, 2.24) is 4.98 Å². The molecule has 6 nitrogen and oxygen atoms in total. The van der Waals surface area contributed by atoms with Gasteiger partial charge in [0.05, 0.1) is 37.8 Å². The van der Waals surface area contributed by atoms with Gasteiger partial charge >= 0.3 is 0 Å². The molecule has 1 N–H and O–H groups in total. The van der Waals surface area contributed by atoms with Crippen molar-refractivity contribution in [3.05, 3.63) is 69.5 Å². The molecule has 3 rings (SSSR count). The van der Waals surface area contributed by atoms with Crippen molar-refractivity contribution >= 4 is 5.69 Å². The lowest BCUT2D eigenvalue weighted by Crippen LogP contribution is -2.19. The number of hydrogen-bond donors (Lipinski definition) is 1. The van der Waals surface area contributed by atoms with Gasteiger partial charge in [0.1, 0.15) is 5.75 Å². The number of methoxy groups -OCH3 is 1. The predicted octanol–water partition coefficient (Wildman–Crippen LogP) is 4.38. The van der Waals surface area contributed by atoms with Crippen molar-refractivity contribution in [1.29, 1.82) is 5.26 Å². The summed E-state index contributed by atoms with van der Waals surface area (Å²) in [4.78, 5) is 8.34. The molecule has 1 atom stereocenters. The van der Waals surface area contributed by atoms with Gasteiger partial charge in [-0.2, -0.15) is 5.26 Å². The number of aryl methyl sites for hydroxylation is 1. The zero-order valence-corrected chi connectivity index (χ0v) is 15.8. The van der Waals surface area contributed by atoms with Gasteiger partial charge < -0.3 is 14.8 Å². The number of fused-ring (bicyclic) bond motifs is 1. The zero-order valence-electron chi connectivity index (χ0n) is 15.8. The maximum atomic E-state index is 9.20. The monoisotopic (exact) mass is 360 g/mol. The topological polar surface area (TPSA) is 71.5 Å². The van der Waals surface area contributed by atoms with Crippen molar-refractivity contribution in [2.24, 2.45) is 0 Å². The van der Waals surface area contributed by atoms with Crippen molar-refractivity contribution in [2.75, 3.05) is 19.0 Å². The fourth-order valence-electron chi connectivity index (χ4n) is 3.37. The van der Waals surface area contributed by atoms with Crippen LogP contribution in [0.25, 0.3) is 4.85 Å². The number of hydrogen-bond acceptors (Lipinski definition) is 5. The van der Waals surface area contributed by atoms with Gasteiger partial charge in [0.25, 0.3) is 0 Å². The summed E-state index contributed by atoms with van der Waals surface area (Å²) in [5.74, 6) is 0.671. The molecule has 0 bridgehead atoms. The normalized spacial score (nSPS) is 15.3. The fraction of sp³-hybridized carbons (Fsp3) is 0.286. The quantitative estimate of drug-likeness (QED) is 0.820. The number of pyridine rings is 1. The van der Waals surface area contributed by atoms with E-state index in [0.717, 1.165) is 28.2 Å². The predicted molar refractivity (Wildman–Crippen MR) is 103 cm³/mol. The van der Waals surface area contributed by atoms with E-state index in [2.05, 4.69) is 21.2 Å². The number of aromatic nitrogens is 1. The maximum absolute atomic E-state index is 9.20. The highest BCUT2D eigenvalue weighted by atomic mass is 16.5. The van der Waals surface area contributed by atoms with E-state index in [4.69, 9.17) is 16.0 Å². The number of nitrogens with zero attached hydrogens (tertiary/aromatic N) is 3. The minimum Gasteiger partial charge on any atom is -0.496 e. The third-order valence-electron chi connectivity index (χ3n) is 4.50. The second-order valence-corrected chi connectivity index (χ2v) is 6.21. The largest absolute Gasteiger partial charge is 0.496 e. The first-order valence-corrected chi connectivity index (χ1v) is 8.61. The first-order valence-electron chi connectivity index (χ1n) is 8.61. The smallest absolute Gasteiger partial charge is 0.218 e. The summed E-state index contributed by atoms with van der Waals surface area (Å²) in [6, 6.07) is 9.34. The van der Waals surface area contributed by atoms with Gasteiger partial charge in [0.15, 0.2) is 5.70 Å². The van der Waals surface area contributed by atoms with Gasteiger partial charge in [-0.3, -0.25) is 0 Å². The summed E-state index contributed by atoms with van der Waals surface area (Å²) in [7, 11) is 1.56. The van der Waals surface area contributed by atoms with Gasteiger partial charge in [-0.15, -0.1) is 0 Å². The number of benzene rings is 1. The van der Waals surface area contributed by atoms with Crippen LogP contribution in [0.3, 0.4) is 0 Å². The summed E-state index contributed by atoms with van der Waals surface area (Å²) < 4.78 is 11.4. The first kappa shape index (κ1) is 18.3. The van der Waals surface area contributed by atoms with Crippen molar-refractivity contribution in [3.63, 3.8) is 0 Å². The Hall–Kier alpha value is -3.51. The summed E-state index contributed by atoms with van der Waals surface area (Å²) in [6.45, 7) is 13.9. The molecule has 1 aliphatic rings. The summed E-state index contributed by atoms with van der Waals surface area (Å²) in [6.07, 6.45) is 0. The number of rotatable bonds is 4. The molecule has 0 saturated heterocycles. The Balaban J connectivity index is 2.33. The molecular weight excluding hydrogens is 340 g/mol. The highest BCUT2D eigenvalue weighted by molar-refractivity contribution is 5.70. The second kappa shape index (κ2) is 7.39. The average Bonchev–Trinajstić information content (AvgIpc) is 2.66. The summed E-state index contributed by atoms with van der Waals surface area (Å²) in [5.41, 5.74) is 5.14. The summed E-state index contributed by atoms with van der Waals surface area (Å²) >= 11 is 0. The van der Waals surface area contributed by atoms with E-state index in [-0.39, 0.29) is 0 Å². The average molecular weight is 360 g/mol. The standard InChI is InChI=1S/C21H20N4O2/c1-6-27-21-19-16(9-12(2)24-21)25-13(3)20(23-4)18(19)15-8-7-14(11-22)10-17(15)26-5/h7-10,18,25H,6H2,1-3,5H3. The van der Waals surface area contributed by atoms with Gasteiger partial charge in [-0.05, 0) is 44.5 Å². The molecule has 1 aliphatic heterocycles. The number of nitrogens with one attached hydrogen (secondary N) is 1. The Morgan fingerprint density at radius 3 is 2.74 bits per heavy atom. The van der Waals surface area contributed by atoms with Gasteiger partial charge in [-0.25, -0.2) is 9.83 Å². The van der Waals surface area contributed by atoms with Crippen LogP contribution in [0.1, 0.15) is 42.1 Å². The molecule has 1 aromatic carbocycles. The summed E-state index contributed by atoms with van der Waals surface area (Å²) in [5, 5.41) is 12.5. The molecule has 2 aromatic rings. The molecule has 0 radical (unpaired) electrons. The van der Waals surface area contributed by atoms with Crippen molar-refractivity contribution < 1.29 is 9.47 Å². The van der Waals surface area contributed by atoms with E-state index < -0.39 is 5.92 Å². The lowest BCUT2D eigenvalue weighted by Gasteiger charge is -2.30. The number of allylic oxidation sites excluding steroid dienone is 2. The molecule has 27 heavy (non-hydrogen) atoms. The second-order valence-electron chi connectivity index (χ2n) is 6.21. The van der Waals surface area contributed by atoms with E-state index in [9.17, 15) is 5.26 Å². The molecule has 0 amide bonds. The van der Waals surface area contributed by atoms with E-state index >= 15 is 0 Å². The van der Waals surface area contributed by atoms with Crippen LogP contribution in [-0.4, -0.2) is 18.7 Å². The Kier molecular flexibility index (Phi) is 5.00. The molecule has 0 spiro atoms. The van der Waals surface area contributed by atoms with Crippen LogP contribution in [-0.2, 0) is 0 Å². The third-order valence-corrected chi connectivity index (χ3v) is 4.50. The van der Waals surface area contributed by atoms with Crippen LogP contribution in [0.15, 0.2) is 35.7 Å². The lowest BCUT2D eigenvalue weighted by atomic mass is 9.84. The molecule has 0 fully saturated rings. The van der Waals surface area contributed by atoms with E-state index in [1.807, 2.05) is 32.9 Å². The van der Waals surface area contributed by atoms with Crippen molar-refractivity contribution in [3.8, 4) is 17.7 Å². The van der Waals surface area contributed by atoms with E-state index in [1.165, 1.54) is 0 Å². The Morgan fingerprint density at radius 1 is 1.33 bits per heavy atom. The van der Waals surface area contributed by atoms with Gasteiger partial charge in [-0.1, -0.05) is 6.07 Å². The van der Waals surface area contributed by atoms with Crippen LogP contribution < -0.4 is 14.8 Å². The first-order chi connectivity index (χ1) is 13.0. The minimum atomic E-state index is -0.393. The van der Waals surface area contributed by atoms with Crippen LogP contribution in [0.5, 0.6) is 11.6 Å². The van der Waals surface area contributed by atoms with E-state index in [1.54, 1.807) is 19.2 Å². The fourth-order valence-corrected chi connectivity index (χ4v) is 3.37. The highest BCUT2D eigenvalue weighted by Crippen LogP contribution is 2.48. The van der Waals surface area contributed by atoms with Crippen molar-refractivity contribution in [2.45, 2.75) is 26.7 Å². The molecule has 6 heteroatoms. The molecule has 0 aliphatic carbocycles.